The van der Waals surface area contributed by atoms with Crippen LogP contribution in [-0.4, -0.2) is 60.4 Å². The molecule has 9 heteroatoms. The number of nitrogens with zero attached hydrogens (tertiary/aromatic N) is 2. The fourth-order valence-electron chi connectivity index (χ4n) is 3.92. The van der Waals surface area contributed by atoms with E-state index < -0.39 is 11.8 Å². The van der Waals surface area contributed by atoms with Gasteiger partial charge in [-0.05, 0) is 43.7 Å². The van der Waals surface area contributed by atoms with Crippen LogP contribution in [0.1, 0.15) is 38.2 Å². The summed E-state index contributed by atoms with van der Waals surface area (Å²) in [6.07, 6.45) is 2.32. The van der Waals surface area contributed by atoms with Crippen LogP contribution in [-0.2, 0) is 4.79 Å². The van der Waals surface area contributed by atoms with Crippen LogP contribution in [0, 0.1) is 5.92 Å². The second kappa shape index (κ2) is 10.1. The van der Waals surface area contributed by atoms with E-state index in [1.807, 2.05) is 37.3 Å². The van der Waals surface area contributed by atoms with Crippen molar-refractivity contribution in [2.45, 2.75) is 50.7 Å². The number of ether oxygens (including phenoxy) is 2. The molecule has 1 aliphatic heterocycles. The number of carbonyl (C=O) groups excluding carboxylic acids is 1. The first-order valence-electron chi connectivity index (χ1n) is 11.6. The highest BCUT2D eigenvalue weighted by Gasteiger charge is 2.57. The topological polar surface area (TPSA) is 83.9 Å². The van der Waals surface area contributed by atoms with Gasteiger partial charge in [-0.1, -0.05) is 12.1 Å². The van der Waals surface area contributed by atoms with Crippen molar-refractivity contribution < 1.29 is 28.2 Å². The van der Waals surface area contributed by atoms with Crippen molar-refractivity contribution in [2.75, 3.05) is 31.2 Å². The van der Waals surface area contributed by atoms with Gasteiger partial charge in [-0.15, -0.1) is 0 Å². The van der Waals surface area contributed by atoms with Gasteiger partial charge in [0, 0.05) is 25.4 Å². The smallest absolute Gasteiger partial charge is 0.255 e. The first-order valence-corrected chi connectivity index (χ1v) is 11.6. The highest BCUT2D eigenvalue weighted by atomic mass is 19.3. The molecule has 0 radical (unpaired) electrons. The largest absolute Gasteiger partial charge is 0.491 e. The number of rotatable bonds is 10. The van der Waals surface area contributed by atoms with E-state index in [0.29, 0.717) is 12.3 Å². The Bertz CT molecular complexity index is 971. The number of anilines is 1. The van der Waals surface area contributed by atoms with Crippen LogP contribution >= 0.6 is 0 Å². The van der Waals surface area contributed by atoms with Gasteiger partial charge in [0.1, 0.15) is 23.4 Å². The van der Waals surface area contributed by atoms with Crippen molar-refractivity contribution in [1.29, 1.82) is 0 Å². The summed E-state index contributed by atoms with van der Waals surface area (Å²) in [5, 5.41) is 11.9. The number of halogens is 2. The zero-order valence-corrected chi connectivity index (χ0v) is 19.4. The minimum absolute atomic E-state index is 0.00630. The van der Waals surface area contributed by atoms with E-state index in [-0.39, 0.29) is 43.6 Å². The number of hydrogen-bond acceptors (Lipinski definition) is 6. The minimum atomic E-state index is -2.58. The lowest BCUT2D eigenvalue weighted by molar-refractivity contribution is -0.123. The lowest BCUT2D eigenvalue weighted by Crippen LogP contribution is -2.37. The molecule has 2 heterocycles. The number of alkyl halides is 2. The molecule has 0 spiro atoms. The average molecular weight is 476 g/mol. The monoisotopic (exact) mass is 475 g/mol. The highest BCUT2D eigenvalue weighted by molar-refractivity contribution is 5.83. The van der Waals surface area contributed by atoms with Crippen molar-refractivity contribution in [3.05, 3.63) is 48.2 Å². The summed E-state index contributed by atoms with van der Waals surface area (Å²) in [4.78, 5) is 18.8. The first-order chi connectivity index (χ1) is 16.2. The van der Waals surface area contributed by atoms with Gasteiger partial charge in [0.15, 0.2) is 0 Å². The summed E-state index contributed by atoms with van der Waals surface area (Å²) in [7, 11) is 0. The fraction of sp³-hybridized carbons (Fsp3) is 0.520. The van der Waals surface area contributed by atoms with Gasteiger partial charge in [0.2, 0.25) is 5.91 Å². The lowest BCUT2D eigenvalue weighted by Gasteiger charge is -2.19. The third-order valence-corrected chi connectivity index (χ3v) is 6.34. The lowest BCUT2D eigenvalue weighted by atomic mass is 10.00. The van der Waals surface area contributed by atoms with E-state index >= 15 is 0 Å². The fourth-order valence-corrected chi connectivity index (χ4v) is 3.92. The molecule has 1 saturated carbocycles. The molecule has 0 bridgehead atoms. The van der Waals surface area contributed by atoms with Gasteiger partial charge in [0.05, 0.1) is 37.8 Å². The Hall–Kier alpha value is -2.94. The maximum Gasteiger partial charge on any atom is 0.255 e. The number of amides is 1. The minimum Gasteiger partial charge on any atom is -0.491 e. The Kier molecular flexibility index (Phi) is 7.21. The van der Waals surface area contributed by atoms with Crippen LogP contribution in [0.15, 0.2) is 42.6 Å². The molecule has 1 aliphatic carbocycles. The molecule has 4 atom stereocenters. The third kappa shape index (κ3) is 5.94. The summed E-state index contributed by atoms with van der Waals surface area (Å²) in [5.41, 5.74) is 0.875. The van der Waals surface area contributed by atoms with Crippen LogP contribution in [0.2, 0.25) is 0 Å². The molecule has 2 aliphatic rings. The molecule has 1 amide bonds. The molecule has 2 fully saturated rings. The molecule has 1 aromatic carbocycles. The van der Waals surface area contributed by atoms with Crippen molar-refractivity contribution in [1.82, 2.24) is 10.3 Å². The number of aliphatic hydroxyl groups is 1. The second-order valence-corrected chi connectivity index (χ2v) is 9.18. The molecule has 184 valence electrons. The van der Waals surface area contributed by atoms with Gasteiger partial charge in [-0.2, -0.15) is 0 Å². The highest BCUT2D eigenvalue weighted by Crippen LogP contribution is 2.48. The van der Waals surface area contributed by atoms with Crippen molar-refractivity contribution >= 4 is 11.7 Å². The summed E-state index contributed by atoms with van der Waals surface area (Å²) in [5.74, 6) is -1.70. The summed E-state index contributed by atoms with van der Waals surface area (Å²) >= 11 is 0. The van der Waals surface area contributed by atoms with E-state index in [0.717, 1.165) is 30.1 Å². The van der Waals surface area contributed by atoms with Crippen molar-refractivity contribution in [2.24, 2.45) is 5.92 Å². The molecule has 2 aromatic rings. The van der Waals surface area contributed by atoms with Crippen LogP contribution in [0.4, 0.5) is 14.6 Å². The van der Waals surface area contributed by atoms with Gasteiger partial charge < -0.3 is 24.8 Å². The number of aliphatic hydroxyl groups excluding tert-OH is 1. The summed E-state index contributed by atoms with van der Waals surface area (Å²) in [6.45, 7) is 4.97. The molecule has 1 saturated heterocycles. The van der Waals surface area contributed by atoms with E-state index in [1.165, 1.54) is 0 Å². The zero-order valence-electron chi connectivity index (χ0n) is 19.4. The number of carbonyl (C=O) groups is 1. The Labute approximate surface area is 198 Å². The van der Waals surface area contributed by atoms with Crippen molar-refractivity contribution in [3.8, 4) is 11.5 Å². The summed E-state index contributed by atoms with van der Waals surface area (Å²) in [6, 6.07) is 10.8. The standard InChI is InChI=1S/C25H31F2N3O4/c1-16(14-31)29-24(32)17(2)18-3-5-20(6-4-18)34-22-9-10-30(13-22)23-8-7-21(12-28-23)33-15-19-11-25(19,26)27/h3-8,12,16-17,19,22,31H,9-11,13-15H2,1-2H3,(H,29,32)/t16-,17?,19?,22-/m1/s1. The molecule has 2 unspecified atom stereocenters. The normalized spacial score (nSPS) is 22.7. The number of pyridine rings is 1. The number of nitrogens with one attached hydrogen (secondary N) is 1. The maximum atomic E-state index is 13.0. The second-order valence-electron chi connectivity index (χ2n) is 9.18. The van der Waals surface area contributed by atoms with E-state index in [4.69, 9.17) is 14.6 Å². The Morgan fingerprint density at radius 2 is 1.94 bits per heavy atom. The first kappa shape index (κ1) is 24.2. The van der Waals surface area contributed by atoms with Gasteiger partial charge in [-0.25, -0.2) is 13.8 Å². The molecule has 7 nitrogen and oxygen atoms in total. The summed E-state index contributed by atoms with van der Waals surface area (Å²) < 4.78 is 37.5. The number of aromatic nitrogens is 1. The molecule has 1 aromatic heterocycles. The van der Waals surface area contributed by atoms with E-state index in [1.54, 1.807) is 19.2 Å². The number of benzene rings is 1. The molecule has 34 heavy (non-hydrogen) atoms. The number of hydrogen-bond donors (Lipinski definition) is 2. The van der Waals surface area contributed by atoms with Gasteiger partial charge in [-0.3, -0.25) is 4.79 Å². The van der Waals surface area contributed by atoms with Crippen LogP contribution in [0.3, 0.4) is 0 Å². The average Bonchev–Trinajstić information content (AvgIpc) is 3.20. The van der Waals surface area contributed by atoms with E-state index in [9.17, 15) is 13.6 Å². The maximum absolute atomic E-state index is 13.0. The third-order valence-electron chi connectivity index (χ3n) is 6.34. The Balaban J connectivity index is 1.25. The predicted octanol–water partition coefficient (Wildman–Crippen LogP) is 3.37. The van der Waals surface area contributed by atoms with Crippen LogP contribution in [0.5, 0.6) is 11.5 Å². The molecule has 4 rings (SSSR count). The SMILES string of the molecule is CC(C(=O)N[C@H](C)CO)c1ccc(O[C@@H]2CCN(c3ccc(OCC4CC4(F)F)cn3)C2)cc1. The quantitative estimate of drug-likeness (QED) is 0.548. The van der Waals surface area contributed by atoms with Gasteiger partial charge >= 0.3 is 0 Å². The zero-order chi connectivity index (χ0) is 24.3. The predicted molar refractivity (Wildman–Crippen MR) is 124 cm³/mol. The molecular weight excluding hydrogens is 444 g/mol. The van der Waals surface area contributed by atoms with Crippen molar-refractivity contribution in [3.63, 3.8) is 0 Å². The van der Waals surface area contributed by atoms with E-state index in [2.05, 4.69) is 15.2 Å². The van der Waals surface area contributed by atoms with Crippen LogP contribution in [0.25, 0.3) is 0 Å². The van der Waals surface area contributed by atoms with Crippen LogP contribution < -0.4 is 19.7 Å². The van der Waals surface area contributed by atoms with Gasteiger partial charge in [0.25, 0.3) is 5.92 Å². The molecule has 2 N–H and O–H groups in total. The Morgan fingerprint density at radius 3 is 2.56 bits per heavy atom. The Morgan fingerprint density at radius 1 is 1.24 bits per heavy atom. The molecular formula is C25H31F2N3O4.